The molecule has 0 spiro atoms. The van der Waals surface area contributed by atoms with Crippen LogP contribution in [0.25, 0.3) is 0 Å². The molecule has 0 amide bonds. The highest BCUT2D eigenvalue weighted by molar-refractivity contribution is 4.80. The van der Waals surface area contributed by atoms with Gasteiger partial charge in [-0.3, -0.25) is 0 Å². The topological polar surface area (TPSA) is 55.6 Å². The van der Waals surface area contributed by atoms with Gasteiger partial charge in [0.2, 0.25) is 0 Å². The van der Waals surface area contributed by atoms with Crippen molar-refractivity contribution in [2.24, 2.45) is 5.92 Å². The SMILES string of the molecule is CCCNCc1nnnn1CC(CC)CC. The lowest BCUT2D eigenvalue weighted by Gasteiger charge is -2.12. The Morgan fingerprint density at radius 2 is 2.00 bits per heavy atom. The highest BCUT2D eigenvalue weighted by Gasteiger charge is 2.10. The second kappa shape index (κ2) is 7.33. The first kappa shape index (κ1) is 13.1. The summed E-state index contributed by atoms with van der Waals surface area (Å²) in [7, 11) is 0. The summed E-state index contributed by atoms with van der Waals surface area (Å²) in [5.41, 5.74) is 0. The zero-order valence-corrected chi connectivity index (χ0v) is 10.6. The number of rotatable bonds is 8. The average molecular weight is 225 g/mol. The van der Waals surface area contributed by atoms with E-state index in [-0.39, 0.29) is 0 Å². The van der Waals surface area contributed by atoms with Crippen LogP contribution in [0.5, 0.6) is 0 Å². The molecule has 1 aromatic heterocycles. The molecule has 0 aliphatic heterocycles. The summed E-state index contributed by atoms with van der Waals surface area (Å²) >= 11 is 0. The van der Waals surface area contributed by atoms with Crippen molar-refractivity contribution < 1.29 is 0 Å². The van der Waals surface area contributed by atoms with Gasteiger partial charge < -0.3 is 5.32 Å². The number of nitrogens with one attached hydrogen (secondary N) is 1. The molecule has 16 heavy (non-hydrogen) atoms. The molecule has 0 radical (unpaired) electrons. The van der Waals surface area contributed by atoms with Crippen molar-refractivity contribution in [3.05, 3.63) is 5.82 Å². The van der Waals surface area contributed by atoms with Gasteiger partial charge in [0, 0.05) is 6.54 Å². The summed E-state index contributed by atoms with van der Waals surface area (Å²) in [6.07, 6.45) is 3.49. The number of nitrogens with zero attached hydrogens (tertiary/aromatic N) is 4. The van der Waals surface area contributed by atoms with Crippen LogP contribution in [0.1, 0.15) is 45.9 Å². The normalized spacial score (nSPS) is 11.2. The Balaban J connectivity index is 2.49. The van der Waals surface area contributed by atoms with Gasteiger partial charge in [-0.2, -0.15) is 0 Å². The van der Waals surface area contributed by atoms with Crippen LogP contribution < -0.4 is 5.32 Å². The maximum atomic E-state index is 4.05. The molecule has 0 bridgehead atoms. The molecule has 1 N–H and O–H groups in total. The van der Waals surface area contributed by atoms with Gasteiger partial charge in [0.05, 0.1) is 6.54 Å². The lowest BCUT2D eigenvalue weighted by atomic mass is 10.0. The molecule has 0 aromatic carbocycles. The molecular formula is C11H23N5. The summed E-state index contributed by atoms with van der Waals surface area (Å²) in [5, 5.41) is 15.2. The zero-order valence-electron chi connectivity index (χ0n) is 10.6. The average Bonchev–Trinajstić information content (AvgIpc) is 2.74. The fraction of sp³-hybridized carbons (Fsp3) is 0.909. The van der Waals surface area contributed by atoms with E-state index in [2.05, 4.69) is 41.6 Å². The predicted octanol–water partition coefficient (Wildman–Crippen LogP) is 1.61. The summed E-state index contributed by atoms with van der Waals surface area (Å²) in [5.74, 6) is 1.62. The van der Waals surface area contributed by atoms with Gasteiger partial charge in [0.25, 0.3) is 0 Å². The first-order chi connectivity index (χ1) is 7.81. The van der Waals surface area contributed by atoms with E-state index >= 15 is 0 Å². The van der Waals surface area contributed by atoms with Crippen LogP contribution in [0.15, 0.2) is 0 Å². The van der Waals surface area contributed by atoms with Crippen molar-refractivity contribution in [3.8, 4) is 0 Å². The first-order valence-electron chi connectivity index (χ1n) is 6.27. The van der Waals surface area contributed by atoms with E-state index in [0.717, 1.165) is 31.9 Å². The molecule has 1 heterocycles. The van der Waals surface area contributed by atoms with Crippen molar-refractivity contribution in [1.29, 1.82) is 0 Å². The molecule has 0 saturated heterocycles. The molecule has 92 valence electrons. The Morgan fingerprint density at radius 1 is 1.25 bits per heavy atom. The van der Waals surface area contributed by atoms with Crippen LogP contribution in [0.3, 0.4) is 0 Å². The van der Waals surface area contributed by atoms with Crippen molar-refractivity contribution in [1.82, 2.24) is 25.5 Å². The monoisotopic (exact) mass is 225 g/mol. The Labute approximate surface area is 97.6 Å². The predicted molar refractivity (Wildman–Crippen MR) is 63.9 cm³/mol. The van der Waals surface area contributed by atoms with Gasteiger partial charge in [-0.15, -0.1) is 5.10 Å². The highest BCUT2D eigenvalue weighted by atomic mass is 15.5. The second-order valence-corrected chi connectivity index (χ2v) is 4.14. The molecule has 0 aliphatic carbocycles. The quantitative estimate of drug-likeness (QED) is 0.683. The number of aromatic nitrogens is 4. The summed E-state index contributed by atoms with van der Waals surface area (Å²) < 4.78 is 1.93. The van der Waals surface area contributed by atoms with Gasteiger partial charge >= 0.3 is 0 Å². The number of hydrogen-bond acceptors (Lipinski definition) is 4. The van der Waals surface area contributed by atoms with Crippen LogP contribution in [-0.4, -0.2) is 26.8 Å². The van der Waals surface area contributed by atoms with E-state index in [4.69, 9.17) is 0 Å². The minimum atomic E-state index is 0.674. The third-order valence-electron chi connectivity index (χ3n) is 2.90. The van der Waals surface area contributed by atoms with Crippen molar-refractivity contribution in [3.63, 3.8) is 0 Å². The van der Waals surface area contributed by atoms with Gasteiger partial charge in [-0.05, 0) is 29.3 Å². The van der Waals surface area contributed by atoms with E-state index in [9.17, 15) is 0 Å². The van der Waals surface area contributed by atoms with E-state index in [0.29, 0.717) is 5.92 Å². The minimum Gasteiger partial charge on any atom is -0.310 e. The Hall–Kier alpha value is -0.970. The van der Waals surface area contributed by atoms with Crippen LogP contribution in [0.2, 0.25) is 0 Å². The fourth-order valence-electron chi connectivity index (χ4n) is 1.66. The second-order valence-electron chi connectivity index (χ2n) is 4.14. The maximum absolute atomic E-state index is 4.05. The lowest BCUT2D eigenvalue weighted by Crippen LogP contribution is -2.20. The molecule has 0 fully saturated rings. The van der Waals surface area contributed by atoms with E-state index in [1.165, 1.54) is 12.8 Å². The molecule has 0 atom stereocenters. The van der Waals surface area contributed by atoms with Crippen molar-refractivity contribution >= 4 is 0 Å². The van der Waals surface area contributed by atoms with Gasteiger partial charge in [0.1, 0.15) is 0 Å². The number of hydrogen-bond donors (Lipinski definition) is 1. The Morgan fingerprint density at radius 3 is 2.62 bits per heavy atom. The van der Waals surface area contributed by atoms with Crippen molar-refractivity contribution in [2.75, 3.05) is 6.54 Å². The molecule has 1 rings (SSSR count). The third-order valence-corrected chi connectivity index (χ3v) is 2.90. The molecule has 5 heteroatoms. The molecule has 1 aromatic rings. The smallest absolute Gasteiger partial charge is 0.165 e. The van der Waals surface area contributed by atoms with Gasteiger partial charge in [-0.1, -0.05) is 33.6 Å². The summed E-state index contributed by atoms with van der Waals surface area (Å²) in [6.45, 7) is 9.29. The van der Waals surface area contributed by atoms with E-state index in [1.807, 2.05) is 4.68 Å². The van der Waals surface area contributed by atoms with Gasteiger partial charge in [-0.25, -0.2) is 4.68 Å². The standard InChI is InChI=1S/C11H23N5/c1-4-7-12-8-11-13-14-15-16(11)9-10(5-2)6-3/h10,12H,4-9H2,1-3H3. The molecule has 0 unspecified atom stereocenters. The Kier molecular flexibility index (Phi) is 6.00. The van der Waals surface area contributed by atoms with Crippen LogP contribution in [0, 0.1) is 5.92 Å². The highest BCUT2D eigenvalue weighted by Crippen LogP contribution is 2.10. The number of tetrazole rings is 1. The molecule has 5 nitrogen and oxygen atoms in total. The van der Waals surface area contributed by atoms with Gasteiger partial charge in [0.15, 0.2) is 5.82 Å². The lowest BCUT2D eigenvalue weighted by molar-refractivity contribution is 0.379. The third kappa shape index (κ3) is 3.89. The van der Waals surface area contributed by atoms with E-state index < -0.39 is 0 Å². The zero-order chi connectivity index (χ0) is 11.8. The largest absolute Gasteiger partial charge is 0.310 e. The Bertz CT molecular complexity index is 280. The summed E-state index contributed by atoms with van der Waals surface area (Å²) in [4.78, 5) is 0. The first-order valence-corrected chi connectivity index (χ1v) is 6.27. The fourth-order valence-corrected chi connectivity index (χ4v) is 1.66. The van der Waals surface area contributed by atoms with Crippen LogP contribution in [-0.2, 0) is 13.1 Å². The maximum Gasteiger partial charge on any atom is 0.165 e. The van der Waals surface area contributed by atoms with Crippen molar-refractivity contribution in [2.45, 2.75) is 53.1 Å². The summed E-state index contributed by atoms with van der Waals surface area (Å²) in [6, 6.07) is 0. The molecule has 0 aliphatic rings. The molecule has 0 saturated carbocycles. The van der Waals surface area contributed by atoms with E-state index in [1.54, 1.807) is 0 Å². The molecular weight excluding hydrogens is 202 g/mol. The van der Waals surface area contributed by atoms with Crippen LogP contribution >= 0.6 is 0 Å². The minimum absolute atomic E-state index is 0.674. The van der Waals surface area contributed by atoms with Crippen LogP contribution in [0.4, 0.5) is 0 Å².